The fourth-order valence-electron chi connectivity index (χ4n) is 5.55. The lowest BCUT2D eigenvalue weighted by molar-refractivity contribution is -0.139. The zero-order valence-corrected chi connectivity index (χ0v) is 24.0. The Bertz CT molecular complexity index is 1430. The molecule has 0 bridgehead atoms. The summed E-state index contributed by atoms with van der Waals surface area (Å²) in [5, 5.41) is 35.3. The van der Waals surface area contributed by atoms with E-state index in [9.17, 15) is 14.7 Å². The van der Waals surface area contributed by atoms with Crippen LogP contribution in [0.5, 0.6) is 5.75 Å². The van der Waals surface area contributed by atoms with Gasteiger partial charge in [-0.2, -0.15) is 0 Å². The molecular formula is C31H38N6O5. The zero-order valence-electron chi connectivity index (χ0n) is 24.0. The van der Waals surface area contributed by atoms with Crippen LogP contribution in [0, 0.1) is 5.92 Å². The number of nitrogens with one attached hydrogen (secondary N) is 2. The maximum Gasteiger partial charge on any atom is 0.264 e. The summed E-state index contributed by atoms with van der Waals surface area (Å²) in [5.74, 6) is -0.418. The summed E-state index contributed by atoms with van der Waals surface area (Å²) in [7, 11) is 1.55. The van der Waals surface area contributed by atoms with E-state index in [0.29, 0.717) is 42.1 Å². The average Bonchev–Trinajstić information content (AvgIpc) is 3.74. The second-order valence-corrected chi connectivity index (χ2v) is 10.8. The normalized spacial score (nSPS) is 20.7. The maximum atomic E-state index is 13.9. The summed E-state index contributed by atoms with van der Waals surface area (Å²) in [5.41, 5.74) is 1.65. The third-order valence-electron chi connectivity index (χ3n) is 7.98. The predicted octanol–water partition coefficient (Wildman–Crippen LogP) is 2.53. The number of hydrogen-bond donors (Lipinski definition) is 4. The van der Waals surface area contributed by atoms with Crippen molar-refractivity contribution in [2.75, 3.05) is 30.5 Å². The number of aryl methyl sites for hydroxylation is 1. The molecule has 3 atom stereocenters. The number of aliphatic hydroxyl groups is 2. The van der Waals surface area contributed by atoms with Crippen molar-refractivity contribution in [3.8, 4) is 5.75 Å². The Balaban J connectivity index is 1.29. The number of rotatable bonds is 12. The number of aromatic nitrogens is 3. The Hall–Kier alpha value is -4.06. The van der Waals surface area contributed by atoms with Crippen LogP contribution in [0.3, 0.4) is 0 Å². The van der Waals surface area contributed by atoms with Crippen molar-refractivity contribution in [1.29, 1.82) is 0 Å². The number of allylic oxidation sites excluding steroid dienone is 1. The van der Waals surface area contributed by atoms with Gasteiger partial charge in [0.1, 0.15) is 5.75 Å². The Morgan fingerprint density at radius 1 is 1.29 bits per heavy atom. The van der Waals surface area contributed by atoms with Gasteiger partial charge in [0, 0.05) is 42.9 Å². The lowest BCUT2D eigenvalue weighted by atomic mass is 9.83. The van der Waals surface area contributed by atoms with Crippen molar-refractivity contribution in [3.63, 3.8) is 0 Å². The Morgan fingerprint density at radius 2 is 2.10 bits per heavy atom. The van der Waals surface area contributed by atoms with Crippen molar-refractivity contribution in [3.05, 3.63) is 77.6 Å². The summed E-state index contributed by atoms with van der Waals surface area (Å²) in [6.07, 6.45) is 8.49. The van der Waals surface area contributed by atoms with Gasteiger partial charge in [-0.15, -0.1) is 5.10 Å². The second kappa shape index (κ2) is 12.8. The van der Waals surface area contributed by atoms with Crippen LogP contribution in [-0.4, -0.2) is 63.3 Å². The van der Waals surface area contributed by atoms with Gasteiger partial charge >= 0.3 is 0 Å². The molecule has 2 aromatic carbocycles. The lowest BCUT2D eigenvalue weighted by Gasteiger charge is -2.28. The molecule has 3 aromatic rings. The van der Waals surface area contributed by atoms with E-state index in [4.69, 9.17) is 9.84 Å². The zero-order chi connectivity index (χ0) is 29.7. The van der Waals surface area contributed by atoms with E-state index in [2.05, 4.69) is 20.9 Å². The van der Waals surface area contributed by atoms with Gasteiger partial charge in [-0.1, -0.05) is 36.4 Å². The first-order chi connectivity index (χ1) is 20.3. The van der Waals surface area contributed by atoms with Crippen molar-refractivity contribution in [2.45, 2.75) is 57.3 Å². The van der Waals surface area contributed by atoms with E-state index in [1.165, 1.54) is 0 Å². The molecule has 2 aliphatic heterocycles. The smallest absolute Gasteiger partial charge is 0.264 e. The summed E-state index contributed by atoms with van der Waals surface area (Å²) in [4.78, 5) is 28.0. The fourth-order valence-corrected chi connectivity index (χ4v) is 5.55. The molecule has 3 heterocycles. The van der Waals surface area contributed by atoms with Crippen molar-refractivity contribution >= 4 is 23.2 Å². The topological polar surface area (TPSA) is 142 Å². The monoisotopic (exact) mass is 574 g/mol. The number of amides is 2. The summed E-state index contributed by atoms with van der Waals surface area (Å²) < 4.78 is 7.13. The van der Waals surface area contributed by atoms with Crippen LogP contribution in [0.1, 0.15) is 43.0 Å². The highest BCUT2D eigenvalue weighted by molar-refractivity contribution is 6.07. The van der Waals surface area contributed by atoms with E-state index >= 15 is 0 Å². The average molecular weight is 575 g/mol. The number of ether oxygens (including phenoxy) is 1. The summed E-state index contributed by atoms with van der Waals surface area (Å²) in [6.45, 7) is 3.54. The van der Waals surface area contributed by atoms with E-state index < -0.39 is 17.4 Å². The number of hydrogen-bond acceptors (Lipinski definition) is 8. The van der Waals surface area contributed by atoms with Gasteiger partial charge in [0.05, 0.1) is 31.1 Å². The lowest BCUT2D eigenvalue weighted by Crippen LogP contribution is -2.44. The first-order valence-electron chi connectivity index (χ1n) is 14.4. The first-order valence-corrected chi connectivity index (χ1v) is 14.4. The highest BCUT2D eigenvalue weighted by Gasteiger charge is 2.52. The molecule has 5 rings (SSSR count). The number of nitrogens with zero attached hydrogens (tertiary/aromatic N) is 4. The highest BCUT2D eigenvalue weighted by Crippen LogP contribution is 2.47. The second-order valence-electron chi connectivity index (χ2n) is 10.8. The minimum Gasteiger partial charge on any atom is -0.497 e. The van der Waals surface area contributed by atoms with Crippen LogP contribution in [0.2, 0.25) is 0 Å². The highest BCUT2D eigenvalue weighted by atomic mass is 16.5. The number of aliphatic hydroxyl groups excluding tert-OH is 1. The standard InChI is InChI=1S/C31H38N6O5/c1-21(6-3-4-16-36-20-24(14-17-38)34-35-36)31(41)26-18-25(42-2)12-13-28(26)37(30(31)40)19-22-8-10-23(11-9-22)33-29(39)27-7-5-15-32-27/h3,6,8-13,18,20-21,27,32,38,41H,4-5,7,14-17,19H2,1-2H3,(H,33,39)/b6-3+/t21-,27-,31+/m1/s1. The quantitative estimate of drug-likeness (QED) is 0.242. The van der Waals surface area contributed by atoms with Gasteiger partial charge in [0.15, 0.2) is 5.60 Å². The number of methoxy groups -OCH3 is 1. The molecule has 1 saturated heterocycles. The van der Waals surface area contributed by atoms with Gasteiger partial charge in [-0.05, 0) is 61.7 Å². The van der Waals surface area contributed by atoms with Crippen LogP contribution in [-0.2, 0) is 34.7 Å². The molecule has 2 amide bonds. The van der Waals surface area contributed by atoms with Gasteiger partial charge in [-0.3, -0.25) is 14.3 Å². The molecular weight excluding hydrogens is 536 g/mol. The number of carbonyl (C=O) groups excluding carboxylic acids is 2. The summed E-state index contributed by atoms with van der Waals surface area (Å²) in [6, 6.07) is 12.6. The summed E-state index contributed by atoms with van der Waals surface area (Å²) >= 11 is 0. The minimum absolute atomic E-state index is 0.0217. The van der Waals surface area contributed by atoms with Crippen LogP contribution in [0.25, 0.3) is 0 Å². The molecule has 0 radical (unpaired) electrons. The molecule has 1 fully saturated rings. The first kappa shape index (κ1) is 29.4. The van der Waals surface area contributed by atoms with Crippen LogP contribution in [0.15, 0.2) is 60.8 Å². The van der Waals surface area contributed by atoms with Crippen LogP contribution >= 0.6 is 0 Å². The molecule has 0 aliphatic carbocycles. The number of benzene rings is 2. The third-order valence-corrected chi connectivity index (χ3v) is 7.98. The molecule has 222 valence electrons. The van der Waals surface area contributed by atoms with Crippen molar-refractivity contribution in [1.82, 2.24) is 20.3 Å². The Kier molecular flexibility index (Phi) is 9.00. The van der Waals surface area contributed by atoms with E-state index in [-0.39, 0.29) is 25.1 Å². The van der Waals surface area contributed by atoms with Crippen LogP contribution in [0.4, 0.5) is 11.4 Å². The van der Waals surface area contributed by atoms with Crippen molar-refractivity contribution < 1.29 is 24.5 Å². The Labute approximate surface area is 245 Å². The van der Waals surface area contributed by atoms with Gasteiger partial charge in [0.25, 0.3) is 5.91 Å². The number of fused-ring (bicyclic) bond motifs is 1. The molecule has 4 N–H and O–H groups in total. The van der Waals surface area contributed by atoms with E-state index in [1.807, 2.05) is 43.3 Å². The third kappa shape index (κ3) is 6.08. The van der Waals surface area contributed by atoms with E-state index in [0.717, 1.165) is 30.6 Å². The molecule has 2 aliphatic rings. The number of carbonyl (C=O) groups is 2. The maximum absolute atomic E-state index is 13.9. The molecule has 11 nitrogen and oxygen atoms in total. The van der Waals surface area contributed by atoms with Gasteiger partial charge in [0.2, 0.25) is 5.91 Å². The van der Waals surface area contributed by atoms with Crippen molar-refractivity contribution in [2.24, 2.45) is 5.92 Å². The minimum atomic E-state index is -1.77. The largest absolute Gasteiger partial charge is 0.497 e. The van der Waals surface area contributed by atoms with E-state index in [1.54, 1.807) is 41.1 Å². The molecule has 0 saturated carbocycles. The van der Waals surface area contributed by atoms with Gasteiger partial charge in [-0.25, -0.2) is 0 Å². The number of anilines is 2. The predicted molar refractivity (Wildman–Crippen MR) is 158 cm³/mol. The SMILES string of the molecule is COc1ccc2c(c1)[C@@](O)([C@H](C)/C=C/CCn1cc(CCO)nn1)C(=O)N2Cc1ccc(NC(=O)[C@H]2CCCN2)cc1. The van der Waals surface area contributed by atoms with Gasteiger partial charge < -0.3 is 30.5 Å². The molecule has 1 aromatic heterocycles. The van der Waals surface area contributed by atoms with Crippen LogP contribution < -0.4 is 20.3 Å². The Morgan fingerprint density at radius 3 is 2.81 bits per heavy atom. The molecule has 0 spiro atoms. The molecule has 0 unspecified atom stereocenters. The fraction of sp³-hybridized carbons (Fsp3) is 0.419. The molecule has 11 heteroatoms. The molecule has 42 heavy (non-hydrogen) atoms.